The highest BCUT2D eigenvalue weighted by Crippen LogP contribution is 2.21. The Hall–Kier alpha value is -1.85. The Morgan fingerprint density at radius 3 is 2.50 bits per heavy atom. The lowest BCUT2D eigenvalue weighted by Crippen LogP contribution is -2.33. The van der Waals surface area contributed by atoms with Gasteiger partial charge in [0.1, 0.15) is 0 Å². The third-order valence-corrected chi connectivity index (χ3v) is 2.57. The van der Waals surface area contributed by atoms with Crippen LogP contribution < -0.4 is 5.32 Å². The molecule has 6 heteroatoms. The molecule has 0 spiro atoms. The van der Waals surface area contributed by atoms with E-state index in [0.29, 0.717) is 5.82 Å². The van der Waals surface area contributed by atoms with Gasteiger partial charge in [0.15, 0.2) is 5.82 Å². The molecule has 0 unspecified atom stereocenters. The van der Waals surface area contributed by atoms with Crippen molar-refractivity contribution in [1.82, 2.24) is 15.1 Å². The number of hydrogen-bond donors (Lipinski definition) is 2. The van der Waals surface area contributed by atoms with Crippen molar-refractivity contribution < 1.29 is 9.59 Å². The van der Waals surface area contributed by atoms with Crippen molar-refractivity contribution >= 4 is 17.6 Å². The third-order valence-electron chi connectivity index (χ3n) is 2.57. The van der Waals surface area contributed by atoms with Crippen LogP contribution in [0, 0.1) is 0 Å². The fourth-order valence-corrected chi connectivity index (χ4v) is 1.28. The molecule has 1 rings (SSSR count). The van der Waals surface area contributed by atoms with Gasteiger partial charge in [-0.1, -0.05) is 20.8 Å². The van der Waals surface area contributed by atoms with Gasteiger partial charge >= 0.3 is 0 Å². The highest BCUT2D eigenvalue weighted by molar-refractivity contribution is 5.93. The van der Waals surface area contributed by atoms with Crippen LogP contribution >= 0.6 is 0 Å². The summed E-state index contributed by atoms with van der Waals surface area (Å²) in [5, 5.41) is 9.54. The van der Waals surface area contributed by atoms with Gasteiger partial charge in [-0.05, 0) is 0 Å². The molecule has 0 aliphatic rings. The monoisotopic (exact) mass is 252 g/mol. The maximum absolute atomic E-state index is 11.6. The van der Waals surface area contributed by atoms with E-state index in [4.69, 9.17) is 0 Å². The van der Waals surface area contributed by atoms with Gasteiger partial charge in [0.2, 0.25) is 11.8 Å². The van der Waals surface area contributed by atoms with Crippen LogP contribution in [0.1, 0.15) is 33.4 Å². The first-order valence-corrected chi connectivity index (χ1v) is 5.77. The Balaban J connectivity index is 2.60. The van der Waals surface area contributed by atoms with Gasteiger partial charge in [-0.2, -0.15) is 5.10 Å². The quantitative estimate of drug-likeness (QED) is 0.846. The first-order valence-electron chi connectivity index (χ1n) is 5.77. The lowest BCUT2D eigenvalue weighted by Gasteiger charge is -2.14. The summed E-state index contributed by atoms with van der Waals surface area (Å²) in [6, 6.07) is 1.80. The van der Waals surface area contributed by atoms with Gasteiger partial charge < -0.3 is 10.2 Å². The summed E-state index contributed by atoms with van der Waals surface area (Å²) >= 11 is 0. The molecule has 100 valence electrons. The number of likely N-dealkylation sites (N-methyl/N-ethyl adjacent to an activating group) is 1. The minimum atomic E-state index is -0.264. The van der Waals surface area contributed by atoms with Crippen LogP contribution in [0.3, 0.4) is 0 Å². The van der Waals surface area contributed by atoms with Crippen molar-refractivity contribution in [1.29, 1.82) is 0 Å². The average Bonchev–Trinajstić information content (AvgIpc) is 2.64. The van der Waals surface area contributed by atoms with Crippen molar-refractivity contribution in [2.24, 2.45) is 0 Å². The second-order valence-electron chi connectivity index (χ2n) is 5.34. The van der Waals surface area contributed by atoms with Crippen LogP contribution in [0.2, 0.25) is 0 Å². The molecule has 1 heterocycles. The Morgan fingerprint density at radius 2 is 2.06 bits per heavy atom. The number of amides is 2. The van der Waals surface area contributed by atoms with Crippen molar-refractivity contribution in [3.05, 3.63) is 11.8 Å². The second-order valence-corrected chi connectivity index (χ2v) is 5.34. The van der Waals surface area contributed by atoms with Crippen LogP contribution in [0.5, 0.6) is 0 Å². The van der Waals surface area contributed by atoms with Crippen molar-refractivity contribution in [3.63, 3.8) is 0 Å². The zero-order chi connectivity index (χ0) is 13.9. The molecule has 0 radical (unpaired) electrons. The Labute approximate surface area is 107 Å². The summed E-state index contributed by atoms with van der Waals surface area (Å²) in [4.78, 5) is 24.0. The van der Waals surface area contributed by atoms with Crippen molar-refractivity contribution in [3.8, 4) is 0 Å². The SMILES string of the molecule is CC(=O)N(C)CC(=O)Nc1cc(C(C)(C)C)[nH]n1. The van der Waals surface area contributed by atoms with E-state index in [1.54, 1.807) is 13.1 Å². The summed E-state index contributed by atoms with van der Waals surface area (Å²) in [5.41, 5.74) is 0.893. The fourth-order valence-electron chi connectivity index (χ4n) is 1.28. The minimum absolute atomic E-state index is 0.0209. The second kappa shape index (κ2) is 5.20. The Bertz CT molecular complexity index is 445. The van der Waals surface area contributed by atoms with E-state index in [1.165, 1.54) is 11.8 Å². The molecule has 18 heavy (non-hydrogen) atoms. The lowest BCUT2D eigenvalue weighted by atomic mass is 9.92. The molecule has 0 fully saturated rings. The molecule has 0 saturated carbocycles. The molecular formula is C12H20N4O2. The number of aromatic amines is 1. The standard InChI is InChI=1S/C12H20N4O2/c1-8(17)16(5)7-11(18)13-10-6-9(14-15-10)12(2,3)4/h6H,7H2,1-5H3,(H2,13,14,15,18). The van der Waals surface area contributed by atoms with Gasteiger partial charge in [0.25, 0.3) is 0 Å². The first kappa shape index (κ1) is 14.2. The Kier molecular flexibility index (Phi) is 4.11. The smallest absolute Gasteiger partial charge is 0.245 e. The topological polar surface area (TPSA) is 78.1 Å². The van der Waals surface area contributed by atoms with E-state index in [1.807, 2.05) is 0 Å². The van der Waals surface area contributed by atoms with Crippen LogP contribution in [0.25, 0.3) is 0 Å². The number of hydrogen-bond acceptors (Lipinski definition) is 3. The highest BCUT2D eigenvalue weighted by atomic mass is 16.2. The number of carbonyl (C=O) groups is 2. The minimum Gasteiger partial charge on any atom is -0.337 e. The number of nitrogens with zero attached hydrogens (tertiary/aromatic N) is 2. The van der Waals surface area contributed by atoms with E-state index < -0.39 is 0 Å². The number of H-pyrrole nitrogens is 1. The molecule has 0 saturated heterocycles. The molecule has 0 aliphatic heterocycles. The number of carbonyl (C=O) groups excluding carboxylic acids is 2. The lowest BCUT2D eigenvalue weighted by molar-refractivity contribution is -0.131. The van der Waals surface area contributed by atoms with E-state index >= 15 is 0 Å². The number of anilines is 1. The summed E-state index contributed by atoms with van der Waals surface area (Å²) in [6.45, 7) is 7.59. The molecular weight excluding hydrogens is 232 g/mol. The maximum atomic E-state index is 11.6. The van der Waals surface area contributed by atoms with E-state index in [9.17, 15) is 9.59 Å². The Morgan fingerprint density at radius 1 is 1.44 bits per heavy atom. The first-order chi connectivity index (χ1) is 8.20. The maximum Gasteiger partial charge on any atom is 0.245 e. The summed E-state index contributed by atoms with van der Waals surface area (Å²) < 4.78 is 0. The van der Waals surface area contributed by atoms with Gasteiger partial charge in [-0.3, -0.25) is 14.7 Å². The third kappa shape index (κ3) is 3.87. The van der Waals surface area contributed by atoms with Gasteiger partial charge in [0.05, 0.1) is 6.54 Å². The molecule has 2 amide bonds. The molecule has 0 aromatic carbocycles. The molecule has 1 aromatic rings. The van der Waals surface area contributed by atoms with Crippen LogP contribution in [-0.2, 0) is 15.0 Å². The normalized spacial score (nSPS) is 11.2. The average molecular weight is 252 g/mol. The van der Waals surface area contributed by atoms with E-state index in [-0.39, 0.29) is 23.8 Å². The van der Waals surface area contributed by atoms with Crippen LogP contribution in [-0.4, -0.2) is 40.5 Å². The molecule has 1 aromatic heterocycles. The molecule has 2 N–H and O–H groups in total. The van der Waals surface area contributed by atoms with Gasteiger partial charge in [0, 0.05) is 31.1 Å². The summed E-state index contributed by atoms with van der Waals surface area (Å²) in [5.74, 6) is 0.0593. The molecule has 6 nitrogen and oxygen atoms in total. The van der Waals surface area contributed by atoms with E-state index in [0.717, 1.165) is 5.69 Å². The molecule has 0 atom stereocenters. The number of rotatable bonds is 3. The van der Waals surface area contributed by atoms with Crippen LogP contribution in [0.4, 0.5) is 5.82 Å². The van der Waals surface area contributed by atoms with Gasteiger partial charge in [-0.15, -0.1) is 0 Å². The van der Waals surface area contributed by atoms with Crippen molar-refractivity contribution in [2.75, 3.05) is 18.9 Å². The predicted octanol–water partition coefficient (Wildman–Crippen LogP) is 1.12. The fraction of sp³-hybridized carbons (Fsp3) is 0.583. The zero-order valence-electron chi connectivity index (χ0n) is 11.5. The van der Waals surface area contributed by atoms with Gasteiger partial charge in [-0.25, -0.2) is 0 Å². The number of nitrogens with one attached hydrogen (secondary N) is 2. The summed E-state index contributed by atoms with van der Waals surface area (Å²) in [7, 11) is 1.58. The predicted molar refractivity (Wildman–Crippen MR) is 69.2 cm³/mol. The van der Waals surface area contributed by atoms with Crippen LogP contribution in [0.15, 0.2) is 6.07 Å². The summed E-state index contributed by atoms with van der Waals surface area (Å²) in [6.07, 6.45) is 0. The highest BCUT2D eigenvalue weighted by Gasteiger charge is 2.17. The zero-order valence-corrected chi connectivity index (χ0v) is 11.5. The molecule has 0 bridgehead atoms. The van der Waals surface area contributed by atoms with Crippen molar-refractivity contribution in [2.45, 2.75) is 33.1 Å². The van der Waals surface area contributed by atoms with E-state index in [2.05, 4.69) is 36.3 Å². The largest absolute Gasteiger partial charge is 0.337 e. The molecule has 0 aliphatic carbocycles. The number of aromatic nitrogens is 2.